The Kier molecular flexibility index (Phi) is 4.82. The van der Waals surface area contributed by atoms with E-state index in [1.54, 1.807) is 0 Å². The Balaban J connectivity index is 1.87. The van der Waals surface area contributed by atoms with Gasteiger partial charge in [-0.25, -0.2) is 4.79 Å². The molecule has 1 aliphatic heterocycles. The maximum atomic E-state index is 10.8. The minimum atomic E-state index is -0.458. The van der Waals surface area contributed by atoms with Crippen LogP contribution in [0.15, 0.2) is 4.52 Å². The molecule has 1 atom stereocenters. The molecule has 2 rings (SSSR count). The first kappa shape index (κ1) is 15.8. The van der Waals surface area contributed by atoms with Gasteiger partial charge >= 0.3 is 6.03 Å². The van der Waals surface area contributed by atoms with Crippen LogP contribution in [0.4, 0.5) is 4.79 Å². The molecule has 1 aliphatic rings. The summed E-state index contributed by atoms with van der Waals surface area (Å²) in [7, 11) is 0. The molecule has 1 fully saturated rings. The molecule has 1 aromatic heterocycles. The molecule has 2 heterocycles. The second-order valence-electron chi connectivity index (χ2n) is 6.75. The van der Waals surface area contributed by atoms with Crippen molar-refractivity contribution < 1.29 is 9.32 Å². The molecular weight excluding hydrogens is 270 g/mol. The van der Waals surface area contributed by atoms with Crippen molar-refractivity contribution in [2.75, 3.05) is 19.6 Å². The van der Waals surface area contributed by atoms with Crippen LogP contribution in [0.2, 0.25) is 0 Å². The van der Waals surface area contributed by atoms with Crippen LogP contribution < -0.4 is 11.1 Å². The molecule has 0 aromatic carbocycles. The molecule has 1 aromatic rings. The topological polar surface area (TPSA) is 97.3 Å². The fraction of sp³-hybridized carbons (Fsp3) is 0.786. The summed E-state index contributed by atoms with van der Waals surface area (Å²) in [5.74, 6) is 1.82. The molecule has 3 N–H and O–H groups in total. The number of urea groups is 1. The van der Waals surface area contributed by atoms with Gasteiger partial charge in [-0.15, -0.1) is 0 Å². The van der Waals surface area contributed by atoms with Crippen molar-refractivity contribution in [1.29, 1.82) is 0 Å². The second kappa shape index (κ2) is 6.43. The summed E-state index contributed by atoms with van der Waals surface area (Å²) in [6, 6.07) is -0.458. The van der Waals surface area contributed by atoms with E-state index >= 15 is 0 Å². The Morgan fingerprint density at radius 3 is 2.90 bits per heavy atom. The number of piperidine rings is 1. The molecular formula is C14H25N5O2. The molecule has 0 unspecified atom stereocenters. The van der Waals surface area contributed by atoms with Gasteiger partial charge in [0.05, 0.1) is 6.54 Å². The van der Waals surface area contributed by atoms with Gasteiger partial charge < -0.3 is 15.6 Å². The summed E-state index contributed by atoms with van der Waals surface area (Å²) in [5.41, 5.74) is 4.99. The molecule has 0 saturated carbocycles. The predicted molar refractivity (Wildman–Crippen MR) is 78.6 cm³/mol. The third kappa shape index (κ3) is 4.70. The normalized spacial score (nSPS) is 20.4. The Morgan fingerprint density at radius 2 is 2.29 bits per heavy atom. The maximum absolute atomic E-state index is 10.8. The van der Waals surface area contributed by atoms with E-state index in [1.807, 2.05) is 0 Å². The number of carbonyl (C=O) groups is 1. The molecule has 0 spiro atoms. The number of rotatable bonds is 4. The largest absolute Gasteiger partial charge is 0.352 e. The fourth-order valence-corrected chi connectivity index (χ4v) is 2.53. The highest BCUT2D eigenvalue weighted by Crippen LogP contribution is 2.21. The van der Waals surface area contributed by atoms with E-state index in [1.165, 1.54) is 0 Å². The molecule has 1 saturated heterocycles. The number of carbonyl (C=O) groups excluding carboxylic acids is 1. The van der Waals surface area contributed by atoms with Gasteiger partial charge in [-0.2, -0.15) is 4.98 Å². The quantitative estimate of drug-likeness (QED) is 0.871. The zero-order valence-electron chi connectivity index (χ0n) is 13.1. The van der Waals surface area contributed by atoms with E-state index in [4.69, 9.17) is 10.3 Å². The average Bonchev–Trinajstić information content (AvgIpc) is 2.85. The van der Waals surface area contributed by atoms with Gasteiger partial charge in [0.25, 0.3) is 0 Å². The van der Waals surface area contributed by atoms with Gasteiger partial charge in [0.2, 0.25) is 5.89 Å². The number of nitrogens with two attached hydrogens (primary N) is 1. The summed E-state index contributed by atoms with van der Waals surface area (Å²) < 4.78 is 5.32. The van der Waals surface area contributed by atoms with Crippen LogP contribution in [0.5, 0.6) is 0 Å². The lowest BCUT2D eigenvalue weighted by molar-refractivity contribution is 0.161. The molecule has 21 heavy (non-hydrogen) atoms. The fourth-order valence-electron chi connectivity index (χ4n) is 2.53. The molecule has 0 radical (unpaired) electrons. The van der Waals surface area contributed by atoms with Crippen molar-refractivity contribution in [2.24, 2.45) is 11.7 Å². The minimum Gasteiger partial charge on any atom is -0.352 e. The number of nitrogens with zero attached hydrogens (tertiary/aromatic N) is 3. The standard InChI is InChI=1S/C14H25N5O2/c1-14(2,3)12-17-11(18-21-12)9-19-6-4-5-10(8-19)7-16-13(15)20/h10H,4-9H2,1-3H3,(H3,15,16,20)/t10-/m1/s1. The number of hydrogen-bond donors (Lipinski definition) is 2. The first-order valence-electron chi connectivity index (χ1n) is 7.43. The third-order valence-corrected chi connectivity index (χ3v) is 3.64. The smallest absolute Gasteiger partial charge is 0.312 e. The first-order chi connectivity index (χ1) is 9.84. The number of aromatic nitrogens is 2. The summed E-state index contributed by atoms with van der Waals surface area (Å²) >= 11 is 0. The van der Waals surface area contributed by atoms with E-state index in [0.717, 1.165) is 31.8 Å². The van der Waals surface area contributed by atoms with Crippen LogP contribution in [0.25, 0.3) is 0 Å². The molecule has 7 nitrogen and oxygen atoms in total. The van der Waals surface area contributed by atoms with Gasteiger partial charge in [-0.1, -0.05) is 25.9 Å². The maximum Gasteiger partial charge on any atom is 0.312 e. The summed E-state index contributed by atoms with van der Waals surface area (Å²) in [6.45, 7) is 9.41. The van der Waals surface area contributed by atoms with Crippen LogP contribution >= 0.6 is 0 Å². The highest BCUT2D eigenvalue weighted by molar-refractivity contribution is 5.71. The third-order valence-electron chi connectivity index (χ3n) is 3.64. The van der Waals surface area contributed by atoms with Crippen LogP contribution in [0.1, 0.15) is 45.3 Å². The number of likely N-dealkylation sites (tertiary alicyclic amines) is 1. The SMILES string of the molecule is CC(C)(C)c1nc(CN2CCC[C@H](CNC(N)=O)C2)no1. The number of primary amides is 1. The monoisotopic (exact) mass is 295 g/mol. The second-order valence-corrected chi connectivity index (χ2v) is 6.75. The van der Waals surface area contributed by atoms with E-state index < -0.39 is 6.03 Å². The van der Waals surface area contributed by atoms with E-state index in [2.05, 4.69) is 41.1 Å². The lowest BCUT2D eigenvalue weighted by atomic mass is 9.97. The van der Waals surface area contributed by atoms with E-state index in [-0.39, 0.29) is 5.41 Å². The number of nitrogens with one attached hydrogen (secondary N) is 1. The lowest BCUT2D eigenvalue weighted by Crippen LogP contribution is -2.42. The van der Waals surface area contributed by atoms with Crippen molar-refractivity contribution in [3.63, 3.8) is 0 Å². The summed E-state index contributed by atoms with van der Waals surface area (Å²) in [5, 5.41) is 6.74. The zero-order chi connectivity index (χ0) is 15.5. The predicted octanol–water partition coefficient (Wildman–Crippen LogP) is 1.25. The highest BCUT2D eigenvalue weighted by atomic mass is 16.5. The summed E-state index contributed by atoms with van der Waals surface area (Å²) in [6.07, 6.45) is 2.21. The number of amides is 2. The molecule has 7 heteroatoms. The van der Waals surface area contributed by atoms with E-state index in [9.17, 15) is 4.79 Å². The minimum absolute atomic E-state index is 0.124. The van der Waals surface area contributed by atoms with Crippen LogP contribution in [0.3, 0.4) is 0 Å². The molecule has 118 valence electrons. The lowest BCUT2D eigenvalue weighted by Gasteiger charge is -2.31. The molecule has 2 amide bonds. The average molecular weight is 295 g/mol. The molecule has 0 bridgehead atoms. The van der Waals surface area contributed by atoms with Crippen LogP contribution in [-0.2, 0) is 12.0 Å². The molecule has 0 aliphatic carbocycles. The van der Waals surface area contributed by atoms with E-state index in [0.29, 0.717) is 24.9 Å². The van der Waals surface area contributed by atoms with Crippen molar-refractivity contribution >= 4 is 6.03 Å². The van der Waals surface area contributed by atoms with Crippen molar-refractivity contribution in [2.45, 2.75) is 45.6 Å². The van der Waals surface area contributed by atoms with Gasteiger partial charge in [0.15, 0.2) is 5.82 Å². The van der Waals surface area contributed by atoms with Crippen molar-refractivity contribution in [1.82, 2.24) is 20.4 Å². The van der Waals surface area contributed by atoms with Crippen LogP contribution in [-0.4, -0.2) is 40.7 Å². The van der Waals surface area contributed by atoms with Gasteiger partial charge in [0.1, 0.15) is 0 Å². The van der Waals surface area contributed by atoms with Crippen LogP contribution in [0, 0.1) is 5.92 Å². The zero-order valence-corrected chi connectivity index (χ0v) is 13.1. The first-order valence-corrected chi connectivity index (χ1v) is 7.43. The Labute approximate surface area is 125 Å². The van der Waals surface area contributed by atoms with Gasteiger partial charge in [0, 0.05) is 18.5 Å². The van der Waals surface area contributed by atoms with Crippen molar-refractivity contribution in [3.8, 4) is 0 Å². The van der Waals surface area contributed by atoms with Crippen molar-refractivity contribution in [3.05, 3.63) is 11.7 Å². The Morgan fingerprint density at radius 1 is 1.52 bits per heavy atom. The highest BCUT2D eigenvalue weighted by Gasteiger charge is 2.24. The Bertz CT molecular complexity index is 480. The number of hydrogen-bond acceptors (Lipinski definition) is 5. The van der Waals surface area contributed by atoms with Gasteiger partial charge in [-0.3, -0.25) is 4.90 Å². The summed E-state index contributed by atoms with van der Waals surface area (Å²) in [4.78, 5) is 17.5. The van der Waals surface area contributed by atoms with Gasteiger partial charge in [-0.05, 0) is 25.3 Å². The Hall–Kier alpha value is -1.63.